The minimum absolute atomic E-state index is 0.307. The molecular weight excluding hydrogens is 290 g/mol. The molecule has 0 unspecified atom stereocenters. The summed E-state index contributed by atoms with van der Waals surface area (Å²) in [4.78, 5) is 0. The van der Waals surface area contributed by atoms with E-state index in [4.69, 9.17) is 0 Å². The first kappa shape index (κ1) is 16.7. The topological polar surface area (TPSA) is 3.88 Å². The van der Waals surface area contributed by atoms with Crippen molar-refractivity contribution in [3.63, 3.8) is 0 Å². The monoisotopic (exact) mass is 318 g/mol. The summed E-state index contributed by atoms with van der Waals surface area (Å²) < 4.78 is 2.31. The Kier molecular flexibility index (Phi) is 4.21. The van der Waals surface area contributed by atoms with Crippen LogP contribution >= 0.6 is 0 Å². The lowest BCUT2D eigenvalue weighted by molar-refractivity contribution is -0.665. The van der Waals surface area contributed by atoms with Gasteiger partial charge >= 0.3 is 0 Å². The molecule has 0 aliphatic rings. The van der Waals surface area contributed by atoms with Crippen LogP contribution in [0.1, 0.15) is 37.6 Å². The molecule has 0 saturated carbocycles. The van der Waals surface area contributed by atoms with Crippen LogP contribution in [0.25, 0.3) is 22.0 Å². The first-order chi connectivity index (χ1) is 11.3. The molecule has 1 heteroatoms. The van der Waals surface area contributed by atoms with Crippen molar-refractivity contribution in [1.29, 1.82) is 0 Å². The van der Waals surface area contributed by atoms with Gasteiger partial charge in [-0.2, -0.15) is 4.57 Å². The average Bonchev–Trinajstić information content (AvgIpc) is 2.48. The van der Waals surface area contributed by atoms with Crippen LogP contribution in [0.3, 0.4) is 0 Å². The van der Waals surface area contributed by atoms with E-state index < -0.39 is 0 Å². The fraction of sp³-hybridized carbons (Fsp3) is 0.348. The van der Waals surface area contributed by atoms with E-state index in [1.54, 1.807) is 0 Å². The first-order valence-electron chi connectivity index (χ1n) is 8.74. The molecule has 2 aromatic carbocycles. The van der Waals surface area contributed by atoms with Crippen molar-refractivity contribution in [3.8, 4) is 11.3 Å². The Hall–Kier alpha value is -2.15. The maximum absolute atomic E-state index is 2.37. The molecule has 0 N–H and O–H groups in total. The van der Waals surface area contributed by atoms with Crippen molar-refractivity contribution < 1.29 is 4.57 Å². The van der Waals surface area contributed by atoms with Gasteiger partial charge in [0, 0.05) is 18.6 Å². The van der Waals surface area contributed by atoms with E-state index in [1.807, 2.05) is 0 Å². The van der Waals surface area contributed by atoms with Crippen LogP contribution in [0.4, 0.5) is 0 Å². The Bertz CT molecular complexity index is 898. The third kappa shape index (κ3) is 3.21. The Morgan fingerprint density at radius 3 is 2.29 bits per heavy atom. The molecule has 0 radical (unpaired) electrons. The summed E-state index contributed by atoms with van der Waals surface area (Å²) in [6.07, 6.45) is 1.10. The van der Waals surface area contributed by atoms with Crippen LogP contribution in [-0.2, 0) is 13.5 Å². The second-order valence-corrected chi connectivity index (χ2v) is 8.17. The van der Waals surface area contributed by atoms with E-state index >= 15 is 0 Å². The molecule has 0 atom stereocenters. The summed E-state index contributed by atoms with van der Waals surface area (Å²) in [6.45, 7) is 11.3. The molecule has 0 saturated heterocycles. The number of aromatic nitrogens is 1. The SMILES string of the molecule is Cc1ccccc1-c1c2ccc(CC(C)(C)C)cc2cc(C)[n+]1C. The number of rotatable bonds is 2. The lowest BCUT2D eigenvalue weighted by Gasteiger charge is -2.18. The third-order valence-corrected chi connectivity index (χ3v) is 4.73. The maximum atomic E-state index is 2.37. The van der Waals surface area contributed by atoms with E-state index in [-0.39, 0.29) is 0 Å². The predicted molar refractivity (Wildman–Crippen MR) is 103 cm³/mol. The molecule has 124 valence electrons. The minimum atomic E-state index is 0.307. The minimum Gasteiger partial charge on any atom is -0.198 e. The van der Waals surface area contributed by atoms with Crippen molar-refractivity contribution in [1.82, 2.24) is 0 Å². The summed E-state index contributed by atoms with van der Waals surface area (Å²) in [5, 5.41) is 2.67. The molecule has 1 heterocycles. The van der Waals surface area contributed by atoms with Gasteiger partial charge in [0.1, 0.15) is 7.05 Å². The standard InChI is InChI=1S/C23H28N/c1-16-9-7-8-10-20(16)22-21-12-11-18(15-23(3,4)5)14-19(21)13-17(2)24(22)6/h7-14H,15H2,1-6H3/q+1. The fourth-order valence-electron chi connectivity index (χ4n) is 3.51. The molecular formula is C23H28N+. The van der Waals surface area contributed by atoms with Gasteiger partial charge in [-0.15, -0.1) is 0 Å². The molecule has 0 fully saturated rings. The van der Waals surface area contributed by atoms with Gasteiger partial charge in [0.25, 0.3) is 0 Å². The van der Waals surface area contributed by atoms with E-state index in [1.165, 1.54) is 38.9 Å². The van der Waals surface area contributed by atoms with Gasteiger partial charge in [-0.05, 0) is 47.4 Å². The van der Waals surface area contributed by atoms with Gasteiger partial charge in [0.15, 0.2) is 5.69 Å². The van der Waals surface area contributed by atoms with Gasteiger partial charge in [0.05, 0.1) is 5.39 Å². The van der Waals surface area contributed by atoms with Crippen LogP contribution in [0.15, 0.2) is 48.5 Å². The summed E-state index contributed by atoms with van der Waals surface area (Å²) in [5.41, 5.74) is 6.95. The summed E-state index contributed by atoms with van der Waals surface area (Å²) in [7, 11) is 2.17. The molecule has 0 bridgehead atoms. The number of nitrogens with zero attached hydrogens (tertiary/aromatic N) is 1. The van der Waals surface area contributed by atoms with E-state index in [9.17, 15) is 0 Å². The molecule has 0 amide bonds. The van der Waals surface area contributed by atoms with Crippen LogP contribution in [-0.4, -0.2) is 0 Å². The Morgan fingerprint density at radius 2 is 1.62 bits per heavy atom. The average molecular weight is 318 g/mol. The van der Waals surface area contributed by atoms with Gasteiger partial charge in [0.2, 0.25) is 5.69 Å². The highest BCUT2D eigenvalue weighted by atomic mass is 14.9. The highest BCUT2D eigenvalue weighted by Gasteiger charge is 2.20. The van der Waals surface area contributed by atoms with E-state index in [0.29, 0.717) is 5.41 Å². The van der Waals surface area contributed by atoms with Gasteiger partial charge < -0.3 is 0 Å². The van der Waals surface area contributed by atoms with Crippen molar-refractivity contribution in [2.75, 3.05) is 0 Å². The van der Waals surface area contributed by atoms with Crippen LogP contribution in [0, 0.1) is 19.3 Å². The lowest BCUT2D eigenvalue weighted by Crippen LogP contribution is -2.35. The van der Waals surface area contributed by atoms with Crippen molar-refractivity contribution in [2.24, 2.45) is 12.5 Å². The summed E-state index contributed by atoms with van der Waals surface area (Å²) >= 11 is 0. The molecule has 1 aromatic heterocycles. The number of benzene rings is 2. The number of aryl methyl sites for hydroxylation is 2. The van der Waals surface area contributed by atoms with Crippen molar-refractivity contribution in [3.05, 3.63) is 65.4 Å². The molecule has 1 nitrogen and oxygen atoms in total. The smallest absolute Gasteiger partial charge is 0.198 e. The van der Waals surface area contributed by atoms with Gasteiger partial charge in [-0.25, -0.2) is 0 Å². The van der Waals surface area contributed by atoms with Crippen molar-refractivity contribution >= 4 is 10.8 Å². The van der Waals surface area contributed by atoms with E-state index in [0.717, 1.165) is 6.42 Å². The first-order valence-corrected chi connectivity index (χ1v) is 8.74. The number of pyridine rings is 1. The predicted octanol–water partition coefficient (Wildman–Crippen LogP) is 5.54. The number of hydrogen-bond donors (Lipinski definition) is 0. The number of fused-ring (bicyclic) bond motifs is 1. The quantitative estimate of drug-likeness (QED) is 0.546. The zero-order valence-electron chi connectivity index (χ0n) is 15.8. The summed E-state index contributed by atoms with van der Waals surface area (Å²) in [5.74, 6) is 0. The van der Waals surface area contributed by atoms with Crippen LogP contribution < -0.4 is 4.57 Å². The molecule has 24 heavy (non-hydrogen) atoms. The Morgan fingerprint density at radius 1 is 0.917 bits per heavy atom. The Labute approximate surface area is 146 Å². The molecule has 3 rings (SSSR count). The maximum Gasteiger partial charge on any atom is 0.220 e. The summed E-state index contributed by atoms with van der Waals surface area (Å²) in [6, 6.07) is 17.9. The fourth-order valence-corrected chi connectivity index (χ4v) is 3.51. The third-order valence-electron chi connectivity index (χ3n) is 4.73. The van der Waals surface area contributed by atoms with Crippen molar-refractivity contribution in [2.45, 2.75) is 41.0 Å². The molecule has 3 aromatic rings. The van der Waals surface area contributed by atoms with Gasteiger partial charge in [-0.3, -0.25) is 0 Å². The lowest BCUT2D eigenvalue weighted by atomic mass is 9.87. The van der Waals surface area contributed by atoms with Crippen LogP contribution in [0.5, 0.6) is 0 Å². The molecule has 0 aliphatic carbocycles. The highest BCUT2D eigenvalue weighted by molar-refractivity contribution is 5.94. The second-order valence-electron chi connectivity index (χ2n) is 8.17. The zero-order chi connectivity index (χ0) is 17.5. The Balaban J connectivity index is 2.26. The highest BCUT2D eigenvalue weighted by Crippen LogP contribution is 2.30. The number of hydrogen-bond acceptors (Lipinski definition) is 0. The second kappa shape index (κ2) is 6.05. The molecule has 0 spiro atoms. The largest absolute Gasteiger partial charge is 0.220 e. The zero-order valence-corrected chi connectivity index (χ0v) is 15.8. The normalized spacial score (nSPS) is 11.9. The van der Waals surface area contributed by atoms with E-state index in [2.05, 4.69) is 94.8 Å². The van der Waals surface area contributed by atoms with Crippen LogP contribution in [0.2, 0.25) is 0 Å². The molecule has 0 aliphatic heterocycles. The van der Waals surface area contributed by atoms with Gasteiger partial charge in [-0.1, -0.05) is 51.1 Å².